The highest BCUT2D eigenvalue weighted by atomic mass is 35.5. The first kappa shape index (κ1) is 15.0. The molecular formula is C17H23ClO3. The molecule has 2 aliphatic rings. The third-order valence-corrected chi connectivity index (χ3v) is 4.95. The van der Waals surface area contributed by atoms with Crippen LogP contribution in [0.5, 0.6) is 11.5 Å². The Morgan fingerprint density at radius 1 is 1.29 bits per heavy atom. The summed E-state index contributed by atoms with van der Waals surface area (Å²) in [5, 5.41) is 0. The van der Waals surface area contributed by atoms with Gasteiger partial charge in [-0.2, -0.15) is 0 Å². The number of hydrogen-bond acceptors (Lipinski definition) is 3. The molecule has 1 aromatic carbocycles. The molecule has 0 radical (unpaired) electrons. The third kappa shape index (κ3) is 3.29. The van der Waals surface area contributed by atoms with Crippen LogP contribution in [0.3, 0.4) is 0 Å². The van der Waals surface area contributed by atoms with Gasteiger partial charge in [0.1, 0.15) is 6.10 Å². The Morgan fingerprint density at radius 2 is 2.10 bits per heavy atom. The van der Waals surface area contributed by atoms with E-state index in [4.69, 9.17) is 25.8 Å². The third-order valence-electron chi connectivity index (χ3n) is 4.64. The van der Waals surface area contributed by atoms with Crippen molar-refractivity contribution in [3.8, 4) is 11.5 Å². The zero-order valence-corrected chi connectivity index (χ0v) is 13.3. The van der Waals surface area contributed by atoms with Gasteiger partial charge in [0.05, 0.1) is 19.3 Å². The average molecular weight is 311 g/mol. The van der Waals surface area contributed by atoms with Crippen LogP contribution in [0.1, 0.15) is 44.1 Å². The van der Waals surface area contributed by atoms with Gasteiger partial charge in [-0.25, -0.2) is 0 Å². The molecule has 1 aliphatic heterocycles. The van der Waals surface area contributed by atoms with E-state index in [1.54, 1.807) is 7.11 Å². The molecular weight excluding hydrogens is 288 g/mol. The topological polar surface area (TPSA) is 27.7 Å². The van der Waals surface area contributed by atoms with Gasteiger partial charge in [-0.05, 0) is 30.5 Å². The Bertz CT molecular complexity index is 483. The van der Waals surface area contributed by atoms with Crippen LogP contribution in [0, 0.1) is 0 Å². The number of alkyl halides is 1. The first-order chi connectivity index (χ1) is 10.2. The van der Waals surface area contributed by atoms with Crippen LogP contribution < -0.4 is 9.47 Å². The normalized spacial score (nSPS) is 24.2. The second-order valence-corrected chi connectivity index (χ2v) is 6.36. The maximum absolute atomic E-state index is 6.22. The predicted octanol–water partition coefficient (Wildman–Crippen LogP) is 4.30. The molecule has 116 valence electrons. The van der Waals surface area contributed by atoms with Crippen LogP contribution >= 0.6 is 11.6 Å². The summed E-state index contributed by atoms with van der Waals surface area (Å²) in [5.41, 5.74) is 1.12. The molecule has 2 fully saturated rings. The summed E-state index contributed by atoms with van der Waals surface area (Å²) < 4.78 is 17.7. The molecule has 0 N–H and O–H groups in total. The van der Waals surface area contributed by atoms with Crippen LogP contribution in [0.25, 0.3) is 0 Å². The summed E-state index contributed by atoms with van der Waals surface area (Å²) >= 11 is 5.87. The highest BCUT2D eigenvalue weighted by Crippen LogP contribution is 2.41. The zero-order chi connectivity index (χ0) is 14.7. The summed E-state index contributed by atoms with van der Waals surface area (Å²) in [6.07, 6.45) is 7.06. The molecule has 1 heterocycles. The van der Waals surface area contributed by atoms with Gasteiger partial charge >= 0.3 is 0 Å². The van der Waals surface area contributed by atoms with Crippen molar-refractivity contribution in [3.05, 3.63) is 23.8 Å². The molecule has 1 spiro atoms. The van der Waals surface area contributed by atoms with Crippen LogP contribution in [0.2, 0.25) is 0 Å². The van der Waals surface area contributed by atoms with Gasteiger partial charge in [0.2, 0.25) is 0 Å². The fourth-order valence-corrected chi connectivity index (χ4v) is 3.69. The minimum atomic E-state index is 0.0756. The smallest absolute Gasteiger partial charge is 0.161 e. The Labute approximate surface area is 131 Å². The largest absolute Gasteiger partial charge is 0.493 e. The van der Waals surface area contributed by atoms with E-state index in [0.29, 0.717) is 5.88 Å². The van der Waals surface area contributed by atoms with E-state index in [1.165, 1.54) is 25.7 Å². The predicted molar refractivity (Wildman–Crippen MR) is 83.4 cm³/mol. The quantitative estimate of drug-likeness (QED) is 0.776. The summed E-state index contributed by atoms with van der Waals surface area (Å²) in [6, 6.07) is 5.91. The van der Waals surface area contributed by atoms with Crippen molar-refractivity contribution >= 4 is 11.6 Å². The van der Waals surface area contributed by atoms with Crippen molar-refractivity contribution in [1.82, 2.24) is 0 Å². The van der Waals surface area contributed by atoms with Gasteiger partial charge in [-0.15, -0.1) is 11.6 Å². The number of rotatable bonds is 4. The SMILES string of the molecule is COc1cc(CCl)ccc1OC1CCOC2(CCCC2)C1. The van der Waals surface area contributed by atoms with Gasteiger partial charge in [-0.3, -0.25) is 0 Å². The summed E-state index contributed by atoms with van der Waals surface area (Å²) in [5.74, 6) is 2.06. The highest BCUT2D eigenvalue weighted by Gasteiger charge is 2.40. The Kier molecular flexibility index (Phi) is 4.60. The molecule has 21 heavy (non-hydrogen) atoms. The first-order valence-corrected chi connectivity index (χ1v) is 8.32. The molecule has 0 bridgehead atoms. The number of ether oxygens (including phenoxy) is 3. The molecule has 0 amide bonds. The summed E-state index contributed by atoms with van der Waals surface area (Å²) in [4.78, 5) is 0. The van der Waals surface area contributed by atoms with Crippen molar-refractivity contribution in [2.75, 3.05) is 13.7 Å². The van der Waals surface area contributed by atoms with E-state index in [0.717, 1.165) is 36.5 Å². The van der Waals surface area contributed by atoms with Gasteiger partial charge in [0.15, 0.2) is 11.5 Å². The number of halogens is 1. The molecule has 3 nitrogen and oxygen atoms in total. The highest BCUT2D eigenvalue weighted by molar-refractivity contribution is 6.17. The Hall–Kier alpha value is -0.930. The minimum absolute atomic E-state index is 0.0756. The van der Waals surface area contributed by atoms with E-state index in [-0.39, 0.29) is 11.7 Å². The molecule has 1 atom stereocenters. The number of benzene rings is 1. The lowest BCUT2D eigenvalue weighted by molar-refractivity contribution is -0.108. The number of hydrogen-bond donors (Lipinski definition) is 0. The molecule has 1 aromatic rings. The molecule has 0 aromatic heterocycles. The molecule has 1 saturated carbocycles. The lowest BCUT2D eigenvalue weighted by Gasteiger charge is -2.38. The van der Waals surface area contributed by atoms with Crippen molar-refractivity contribution in [2.24, 2.45) is 0 Å². The van der Waals surface area contributed by atoms with Crippen molar-refractivity contribution in [1.29, 1.82) is 0 Å². The first-order valence-electron chi connectivity index (χ1n) is 7.78. The molecule has 4 heteroatoms. The standard InChI is InChI=1S/C17H23ClO3/c1-19-16-10-13(12-18)4-5-15(16)21-14-6-9-20-17(11-14)7-2-3-8-17/h4-5,10,14H,2-3,6-9,11-12H2,1H3. The number of methoxy groups -OCH3 is 1. The van der Waals surface area contributed by atoms with Gasteiger partial charge in [0, 0.05) is 18.7 Å². The van der Waals surface area contributed by atoms with Crippen molar-refractivity contribution < 1.29 is 14.2 Å². The maximum Gasteiger partial charge on any atom is 0.161 e. The fraction of sp³-hybridized carbons (Fsp3) is 0.647. The van der Waals surface area contributed by atoms with Crippen LogP contribution in [-0.4, -0.2) is 25.4 Å². The Morgan fingerprint density at radius 3 is 2.81 bits per heavy atom. The molecule has 1 unspecified atom stereocenters. The summed E-state index contributed by atoms with van der Waals surface area (Å²) in [7, 11) is 1.67. The lowest BCUT2D eigenvalue weighted by Crippen LogP contribution is -2.41. The van der Waals surface area contributed by atoms with E-state index in [2.05, 4.69) is 0 Å². The maximum atomic E-state index is 6.22. The van der Waals surface area contributed by atoms with Crippen LogP contribution in [0.4, 0.5) is 0 Å². The summed E-state index contributed by atoms with van der Waals surface area (Å²) in [6.45, 7) is 0.798. The second kappa shape index (κ2) is 6.45. The average Bonchev–Trinajstić information content (AvgIpc) is 2.95. The van der Waals surface area contributed by atoms with Crippen molar-refractivity contribution in [2.45, 2.75) is 56.1 Å². The van der Waals surface area contributed by atoms with Gasteiger partial charge in [-0.1, -0.05) is 18.9 Å². The lowest BCUT2D eigenvalue weighted by atomic mass is 9.90. The van der Waals surface area contributed by atoms with Crippen LogP contribution in [0.15, 0.2) is 18.2 Å². The van der Waals surface area contributed by atoms with Gasteiger partial charge in [0.25, 0.3) is 0 Å². The Balaban J connectivity index is 1.71. The van der Waals surface area contributed by atoms with Crippen LogP contribution in [-0.2, 0) is 10.6 Å². The monoisotopic (exact) mass is 310 g/mol. The molecule has 1 saturated heterocycles. The fourth-order valence-electron chi connectivity index (χ4n) is 3.52. The van der Waals surface area contributed by atoms with E-state index >= 15 is 0 Å². The van der Waals surface area contributed by atoms with E-state index in [1.807, 2.05) is 18.2 Å². The van der Waals surface area contributed by atoms with Crippen molar-refractivity contribution in [3.63, 3.8) is 0 Å². The minimum Gasteiger partial charge on any atom is -0.493 e. The van der Waals surface area contributed by atoms with E-state index in [9.17, 15) is 0 Å². The zero-order valence-electron chi connectivity index (χ0n) is 12.6. The van der Waals surface area contributed by atoms with Gasteiger partial charge < -0.3 is 14.2 Å². The molecule has 3 rings (SSSR count). The van der Waals surface area contributed by atoms with E-state index < -0.39 is 0 Å². The molecule has 1 aliphatic carbocycles. The second-order valence-electron chi connectivity index (χ2n) is 6.09.